The molecule has 0 fully saturated rings. The molecule has 3 aromatic rings. The summed E-state index contributed by atoms with van der Waals surface area (Å²) in [5.41, 5.74) is -1.50. The third-order valence-corrected chi connectivity index (χ3v) is 5.17. The van der Waals surface area contributed by atoms with E-state index in [4.69, 9.17) is 10.5 Å². The summed E-state index contributed by atoms with van der Waals surface area (Å²) in [6, 6.07) is 7.39. The first-order valence-corrected chi connectivity index (χ1v) is 9.67. The van der Waals surface area contributed by atoms with Crippen LogP contribution in [0.25, 0.3) is 22.5 Å². The number of hydrogen-bond donors (Lipinski definition) is 0. The molecule has 0 saturated heterocycles. The summed E-state index contributed by atoms with van der Waals surface area (Å²) in [6.45, 7) is 1.41. The first-order chi connectivity index (χ1) is 16.5. The van der Waals surface area contributed by atoms with Crippen LogP contribution in [0.5, 0.6) is 0 Å². The van der Waals surface area contributed by atoms with Crippen molar-refractivity contribution in [2.75, 3.05) is 0 Å². The molecule has 0 N–H and O–H groups in total. The van der Waals surface area contributed by atoms with Gasteiger partial charge in [-0.2, -0.15) is 41.9 Å². The maximum absolute atomic E-state index is 13.3. The SMILES string of the molecule is Cc1cc(C(F)(F)F)ccc1-c1nc2c(nc1N=CC#N)-c1ccc(C(F)(F)F)cc1C2=NC#N. The predicted octanol–water partition coefficient (Wildman–Crippen LogP) is 6.01. The molecule has 2 aromatic carbocycles. The summed E-state index contributed by atoms with van der Waals surface area (Å²) in [6.07, 6.45) is -6.87. The Bertz CT molecular complexity index is 1500. The normalized spacial score (nSPS) is 14.0. The molecule has 0 atom stereocenters. The zero-order valence-corrected chi connectivity index (χ0v) is 17.5. The third kappa shape index (κ3) is 4.22. The number of rotatable bonds is 2. The number of nitriles is 2. The van der Waals surface area contributed by atoms with Crippen molar-refractivity contribution in [3.63, 3.8) is 0 Å². The van der Waals surface area contributed by atoms with E-state index in [2.05, 4.69) is 20.0 Å². The maximum atomic E-state index is 13.3. The van der Waals surface area contributed by atoms with E-state index in [1.807, 2.05) is 0 Å². The second kappa shape index (κ2) is 8.33. The fourth-order valence-electron chi connectivity index (χ4n) is 3.66. The molecule has 35 heavy (non-hydrogen) atoms. The largest absolute Gasteiger partial charge is 0.416 e. The second-order valence-electron chi connectivity index (χ2n) is 7.33. The Balaban J connectivity index is 1.99. The lowest BCUT2D eigenvalue weighted by Crippen LogP contribution is -2.08. The van der Waals surface area contributed by atoms with Crippen molar-refractivity contribution in [3.05, 3.63) is 64.3 Å². The molecule has 1 aliphatic carbocycles. The van der Waals surface area contributed by atoms with E-state index in [0.717, 1.165) is 42.6 Å². The molecule has 0 unspecified atom stereocenters. The average molecular weight is 484 g/mol. The first kappa shape index (κ1) is 23.6. The second-order valence-corrected chi connectivity index (χ2v) is 7.33. The number of halogens is 6. The Morgan fingerprint density at radius 1 is 0.800 bits per heavy atom. The minimum atomic E-state index is -4.66. The van der Waals surface area contributed by atoms with Crippen molar-refractivity contribution in [3.8, 4) is 34.8 Å². The zero-order valence-electron chi connectivity index (χ0n) is 17.5. The van der Waals surface area contributed by atoms with Crippen LogP contribution in [0, 0.1) is 29.7 Å². The average Bonchev–Trinajstić information content (AvgIpc) is 3.08. The van der Waals surface area contributed by atoms with Crippen molar-refractivity contribution in [1.82, 2.24) is 9.97 Å². The van der Waals surface area contributed by atoms with Crippen LogP contribution in [0.15, 0.2) is 46.4 Å². The van der Waals surface area contributed by atoms with E-state index < -0.39 is 23.5 Å². The van der Waals surface area contributed by atoms with Gasteiger partial charge in [0.2, 0.25) is 6.19 Å². The van der Waals surface area contributed by atoms with Gasteiger partial charge in [-0.3, -0.25) is 0 Å². The van der Waals surface area contributed by atoms with E-state index in [9.17, 15) is 26.3 Å². The molecule has 1 aliphatic rings. The van der Waals surface area contributed by atoms with E-state index in [0.29, 0.717) is 0 Å². The lowest BCUT2D eigenvalue weighted by molar-refractivity contribution is -0.138. The Labute approximate surface area is 193 Å². The quantitative estimate of drug-likeness (QED) is 0.198. The molecule has 0 saturated carbocycles. The highest BCUT2D eigenvalue weighted by molar-refractivity contribution is 6.23. The van der Waals surface area contributed by atoms with Crippen LogP contribution in [0.1, 0.15) is 27.9 Å². The Hall–Kier alpha value is -4.58. The van der Waals surface area contributed by atoms with Gasteiger partial charge in [0.15, 0.2) is 5.82 Å². The number of benzene rings is 2. The van der Waals surface area contributed by atoms with Gasteiger partial charge < -0.3 is 0 Å². The van der Waals surface area contributed by atoms with Crippen LogP contribution in [0.4, 0.5) is 32.2 Å². The number of hydrogen-bond acceptors (Lipinski definition) is 6. The van der Waals surface area contributed by atoms with E-state index >= 15 is 0 Å². The molecule has 12 heteroatoms. The molecule has 174 valence electrons. The van der Waals surface area contributed by atoms with Gasteiger partial charge in [0.05, 0.1) is 11.1 Å². The number of fused-ring (bicyclic) bond motifs is 3. The van der Waals surface area contributed by atoms with E-state index in [1.54, 1.807) is 6.07 Å². The van der Waals surface area contributed by atoms with Crippen molar-refractivity contribution in [1.29, 1.82) is 10.5 Å². The van der Waals surface area contributed by atoms with Gasteiger partial charge in [0, 0.05) is 16.7 Å². The van der Waals surface area contributed by atoms with Gasteiger partial charge >= 0.3 is 12.4 Å². The van der Waals surface area contributed by atoms with E-state index in [1.165, 1.54) is 13.1 Å². The molecule has 1 aromatic heterocycles. The van der Waals surface area contributed by atoms with Gasteiger partial charge in [-0.15, -0.1) is 0 Å². The Morgan fingerprint density at radius 2 is 1.43 bits per heavy atom. The molecule has 0 radical (unpaired) electrons. The summed E-state index contributed by atoms with van der Waals surface area (Å²) in [4.78, 5) is 16.3. The first-order valence-electron chi connectivity index (χ1n) is 9.67. The van der Waals surface area contributed by atoms with Crippen molar-refractivity contribution in [2.24, 2.45) is 9.98 Å². The van der Waals surface area contributed by atoms with Crippen molar-refractivity contribution >= 4 is 17.7 Å². The fraction of sp³-hybridized carbons (Fsp3) is 0.130. The van der Waals surface area contributed by atoms with Crippen LogP contribution < -0.4 is 0 Å². The number of alkyl halides is 6. The molecule has 0 amide bonds. The van der Waals surface area contributed by atoms with Crippen molar-refractivity contribution in [2.45, 2.75) is 19.3 Å². The number of aliphatic imine (C=N–C) groups is 2. The van der Waals surface area contributed by atoms with Gasteiger partial charge in [-0.05, 0) is 36.8 Å². The van der Waals surface area contributed by atoms with Crippen LogP contribution in [-0.4, -0.2) is 21.9 Å². The highest BCUT2D eigenvalue weighted by atomic mass is 19.4. The maximum Gasteiger partial charge on any atom is 0.416 e. The lowest BCUT2D eigenvalue weighted by Gasteiger charge is -2.13. The Morgan fingerprint density at radius 3 is 2.00 bits per heavy atom. The standard InChI is InChI=1S/C23H10F6N6/c1-11-8-12(22(24,25)26)2-4-14(11)19-21(32-7-6-30)35-18-15-5-3-13(23(27,28)29)9-16(15)17(33-10-31)20(18)34-19/h2-5,7-9H,1H3. The molecular formula is C23H10F6N6. The van der Waals surface area contributed by atoms with Crippen LogP contribution >= 0.6 is 0 Å². The third-order valence-electron chi connectivity index (χ3n) is 5.17. The van der Waals surface area contributed by atoms with Crippen LogP contribution in [0.2, 0.25) is 0 Å². The predicted molar refractivity (Wildman–Crippen MR) is 113 cm³/mol. The summed E-state index contributed by atoms with van der Waals surface area (Å²) < 4.78 is 79.2. The fourth-order valence-corrected chi connectivity index (χ4v) is 3.66. The van der Waals surface area contributed by atoms with Gasteiger partial charge in [-0.25, -0.2) is 15.0 Å². The van der Waals surface area contributed by atoms with Crippen LogP contribution in [-0.2, 0) is 12.4 Å². The van der Waals surface area contributed by atoms with Gasteiger partial charge in [-0.1, -0.05) is 12.1 Å². The molecule has 0 spiro atoms. The highest BCUT2D eigenvalue weighted by Crippen LogP contribution is 2.42. The summed E-state index contributed by atoms with van der Waals surface area (Å²) in [7, 11) is 0. The van der Waals surface area contributed by atoms with Gasteiger partial charge in [0.1, 0.15) is 35.1 Å². The summed E-state index contributed by atoms with van der Waals surface area (Å²) >= 11 is 0. The van der Waals surface area contributed by atoms with Crippen LogP contribution in [0.3, 0.4) is 0 Å². The zero-order chi connectivity index (χ0) is 25.5. The van der Waals surface area contributed by atoms with Gasteiger partial charge in [0.25, 0.3) is 0 Å². The minimum Gasteiger partial charge on any atom is -0.240 e. The Kier molecular flexibility index (Phi) is 5.61. The molecule has 0 aliphatic heterocycles. The molecule has 4 rings (SSSR count). The van der Waals surface area contributed by atoms with Crippen molar-refractivity contribution < 1.29 is 26.3 Å². The summed E-state index contributed by atoms with van der Waals surface area (Å²) in [5.74, 6) is -0.141. The smallest absolute Gasteiger partial charge is 0.240 e. The minimum absolute atomic E-state index is 0.0315. The molecule has 1 heterocycles. The highest BCUT2D eigenvalue weighted by Gasteiger charge is 2.36. The monoisotopic (exact) mass is 484 g/mol. The molecular weight excluding hydrogens is 474 g/mol. The molecule has 0 bridgehead atoms. The topological polar surface area (TPSA) is 98.1 Å². The number of aromatic nitrogens is 2. The lowest BCUT2D eigenvalue weighted by atomic mass is 10.0. The number of aryl methyl sites for hydroxylation is 1. The summed E-state index contributed by atoms with van der Waals surface area (Å²) in [5, 5.41) is 18.0. The number of nitrogens with zero attached hydrogens (tertiary/aromatic N) is 6. The molecule has 6 nitrogen and oxygen atoms in total. The van der Waals surface area contributed by atoms with E-state index in [-0.39, 0.29) is 50.9 Å².